The van der Waals surface area contributed by atoms with E-state index in [-0.39, 0.29) is 12.2 Å². The summed E-state index contributed by atoms with van der Waals surface area (Å²) in [6.45, 7) is -0.246. The molecule has 31 heavy (non-hydrogen) atoms. The fourth-order valence-electron chi connectivity index (χ4n) is 3.37. The van der Waals surface area contributed by atoms with E-state index in [4.69, 9.17) is 9.47 Å². The average Bonchev–Trinajstić information content (AvgIpc) is 2.78. The lowest BCUT2D eigenvalue weighted by atomic mass is 9.98. The second-order valence-electron chi connectivity index (χ2n) is 6.83. The van der Waals surface area contributed by atoms with Gasteiger partial charge in [0.25, 0.3) is 0 Å². The molecule has 0 aliphatic carbocycles. The largest absolute Gasteiger partial charge is 0.497 e. The van der Waals surface area contributed by atoms with Gasteiger partial charge in [-0.2, -0.15) is 13.2 Å². The van der Waals surface area contributed by atoms with E-state index in [9.17, 15) is 18.0 Å². The minimum Gasteiger partial charge on any atom is -0.497 e. The first kappa shape index (κ1) is 22.4. The first-order chi connectivity index (χ1) is 14.8. The van der Waals surface area contributed by atoms with Gasteiger partial charge in [0, 0.05) is 12.7 Å². The minimum absolute atomic E-state index is 0.0997. The van der Waals surface area contributed by atoms with Crippen LogP contribution in [-0.2, 0) is 16.1 Å². The standard InChI is InChI=1S/C24H22F3NO3/c1-30-19-13-14-21(20(15-19)22(31-2)18-11-7-4-8-12-18)28(23(29)24(25,26)27)16-17-9-5-3-6-10-17/h3-15,22H,16H2,1-2H3. The van der Waals surface area contributed by atoms with Crippen molar-refractivity contribution in [3.8, 4) is 5.75 Å². The van der Waals surface area contributed by atoms with Crippen molar-refractivity contribution in [2.75, 3.05) is 19.1 Å². The Balaban J connectivity index is 2.17. The molecule has 3 rings (SSSR count). The molecule has 7 heteroatoms. The average molecular weight is 429 g/mol. The summed E-state index contributed by atoms with van der Waals surface area (Å²) in [6, 6.07) is 22.2. The third-order valence-electron chi connectivity index (χ3n) is 4.82. The zero-order chi connectivity index (χ0) is 22.4. The van der Waals surface area contributed by atoms with E-state index in [1.807, 2.05) is 30.3 Å². The van der Waals surface area contributed by atoms with E-state index >= 15 is 0 Å². The van der Waals surface area contributed by atoms with Crippen LogP contribution in [0.25, 0.3) is 0 Å². The van der Waals surface area contributed by atoms with E-state index in [1.54, 1.807) is 36.4 Å². The molecular weight excluding hydrogens is 407 g/mol. The van der Waals surface area contributed by atoms with E-state index in [0.29, 0.717) is 16.9 Å². The molecule has 0 spiro atoms. The molecule has 0 saturated carbocycles. The third kappa shape index (κ3) is 5.24. The van der Waals surface area contributed by atoms with Gasteiger partial charge in [0.05, 0.1) is 19.3 Å². The molecule has 0 aromatic heterocycles. The highest BCUT2D eigenvalue weighted by molar-refractivity contribution is 5.98. The van der Waals surface area contributed by atoms with Crippen molar-refractivity contribution in [3.05, 3.63) is 95.6 Å². The molecule has 0 aliphatic rings. The highest BCUT2D eigenvalue weighted by Gasteiger charge is 2.44. The number of carbonyl (C=O) groups excluding carboxylic acids is 1. The molecule has 1 unspecified atom stereocenters. The van der Waals surface area contributed by atoms with Gasteiger partial charge in [-0.3, -0.25) is 9.69 Å². The van der Waals surface area contributed by atoms with Gasteiger partial charge in [0.15, 0.2) is 0 Å². The number of hydrogen-bond acceptors (Lipinski definition) is 3. The van der Waals surface area contributed by atoms with Gasteiger partial charge in [0.1, 0.15) is 11.9 Å². The summed E-state index contributed by atoms with van der Waals surface area (Å²) < 4.78 is 51.5. The Bertz CT molecular complexity index is 1010. The van der Waals surface area contributed by atoms with Crippen LogP contribution in [0.15, 0.2) is 78.9 Å². The summed E-state index contributed by atoms with van der Waals surface area (Å²) in [7, 11) is 2.93. The van der Waals surface area contributed by atoms with E-state index < -0.39 is 18.2 Å². The summed E-state index contributed by atoms with van der Waals surface area (Å²) in [4.78, 5) is 13.2. The maximum atomic E-state index is 13.5. The van der Waals surface area contributed by atoms with Gasteiger partial charge in [-0.1, -0.05) is 60.7 Å². The van der Waals surface area contributed by atoms with Crippen molar-refractivity contribution < 1.29 is 27.4 Å². The minimum atomic E-state index is -5.04. The fraction of sp³-hybridized carbons (Fsp3) is 0.208. The second kappa shape index (κ2) is 9.66. The Morgan fingerprint density at radius 3 is 2.10 bits per heavy atom. The molecule has 162 valence electrons. The number of alkyl halides is 3. The van der Waals surface area contributed by atoms with Crippen LogP contribution in [0, 0.1) is 0 Å². The Hall–Kier alpha value is -3.32. The van der Waals surface area contributed by atoms with Crippen LogP contribution in [0.1, 0.15) is 22.8 Å². The van der Waals surface area contributed by atoms with Crippen molar-refractivity contribution in [3.63, 3.8) is 0 Å². The summed E-state index contributed by atoms with van der Waals surface area (Å²) in [5, 5.41) is 0. The summed E-state index contributed by atoms with van der Waals surface area (Å²) in [5.74, 6) is -1.51. The Labute approximate surface area is 178 Å². The van der Waals surface area contributed by atoms with Crippen LogP contribution >= 0.6 is 0 Å². The van der Waals surface area contributed by atoms with Crippen LogP contribution < -0.4 is 9.64 Å². The zero-order valence-corrected chi connectivity index (χ0v) is 17.1. The lowest BCUT2D eigenvalue weighted by Crippen LogP contribution is -2.41. The molecule has 1 atom stereocenters. The maximum Gasteiger partial charge on any atom is 0.471 e. The highest BCUT2D eigenvalue weighted by Crippen LogP contribution is 2.38. The van der Waals surface area contributed by atoms with Gasteiger partial charge in [-0.05, 0) is 29.3 Å². The zero-order valence-electron chi connectivity index (χ0n) is 17.1. The van der Waals surface area contributed by atoms with Crippen LogP contribution in [0.2, 0.25) is 0 Å². The molecule has 1 amide bonds. The van der Waals surface area contributed by atoms with Crippen molar-refractivity contribution >= 4 is 11.6 Å². The topological polar surface area (TPSA) is 38.8 Å². The molecule has 0 fully saturated rings. The van der Waals surface area contributed by atoms with Crippen molar-refractivity contribution in [1.29, 1.82) is 0 Å². The Kier molecular flexibility index (Phi) is 6.97. The summed E-state index contributed by atoms with van der Waals surface area (Å²) >= 11 is 0. The summed E-state index contributed by atoms with van der Waals surface area (Å²) in [5.41, 5.74) is 1.79. The molecule has 3 aromatic carbocycles. The van der Waals surface area contributed by atoms with Crippen molar-refractivity contribution in [2.45, 2.75) is 18.8 Å². The molecule has 0 bridgehead atoms. The number of halogens is 3. The predicted molar refractivity (Wildman–Crippen MR) is 112 cm³/mol. The van der Waals surface area contributed by atoms with E-state index in [0.717, 1.165) is 10.5 Å². The molecule has 4 nitrogen and oxygen atoms in total. The smallest absolute Gasteiger partial charge is 0.471 e. The van der Waals surface area contributed by atoms with Crippen LogP contribution in [0.3, 0.4) is 0 Å². The monoisotopic (exact) mass is 429 g/mol. The number of ether oxygens (including phenoxy) is 2. The molecule has 0 N–H and O–H groups in total. The normalized spacial score (nSPS) is 12.3. The van der Waals surface area contributed by atoms with Crippen LogP contribution in [0.4, 0.5) is 18.9 Å². The SMILES string of the molecule is COc1ccc(N(Cc2ccccc2)C(=O)C(F)(F)F)c(C(OC)c2ccccc2)c1. The molecule has 0 heterocycles. The van der Waals surface area contributed by atoms with Gasteiger partial charge < -0.3 is 9.47 Å². The Morgan fingerprint density at radius 1 is 0.935 bits per heavy atom. The maximum absolute atomic E-state index is 13.5. The van der Waals surface area contributed by atoms with E-state index in [2.05, 4.69) is 0 Å². The highest BCUT2D eigenvalue weighted by atomic mass is 19.4. The second-order valence-corrected chi connectivity index (χ2v) is 6.83. The predicted octanol–water partition coefficient (Wildman–Crippen LogP) is 5.53. The van der Waals surface area contributed by atoms with Crippen molar-refractivity contribution in [2.24, 2.45) is 0 Å². The number of amides is 1. The first-order valence-corrected chi connectivity index (χ1v) is 9.53. The molecule has 0 radical (unpaired) electrons. The van der Waals surface area contributed by atoms with Crippen molar-refractivity contribution in [1.82, 2.24) is 0 Å². The molecule has 0 aliphatic heterocycles. The van der Waals surface area contributed by atoms with Crippen LogP contribution in [-0.4, -0.2) is 26.3 Å². The number of methoxy groups -OCH3 is 2. The van der Waals surface area contributed by atoms with Gasteiger partial charge in [-0.15, -0.1) is 0 Å². The number of rotatable bonds is 7. The number of benzene rings is 3. The Morgan fingerprint density at radius 2 is 1.55 bits per heavy atom. The molecule has 0 saturated heterocycles. The summed E-state index contributed by atoms with van der Waals surface area (Å²) in [6.07, 6.45) is -5.74. The van der Waals surface area contributed by atoms with Gasteiger partial charge >= 0.3 is 12.1 Å². The molecular formula is C24H22F3NO3. The number of nitrogens with zero attached hydrogens (tertiary/aromatic N) is 1. The van der Waals surface area contributed by atoms with Gasteiger partial charge in [-0.25, -0.2) is 0 Å². The number of carbonyl (C=O) groups is 1. The third-order valence-corrected chi connectivity index (χ3v) is 4.82. The lowest BCUT2D eigenvalue weighted by Gasteiger charge is -2.29. The molecule has 3 aromatic rings. The number of hydrogen-bond donors (Lipinski definition) is 0. The first-order valence-electron chi connectivity index (χ1n) is 9.53. The quantitative estimate of drug-likeness (QED) is 0.496. The number of anilines is 1. The fourth-order valence-corrected chi connectivity index (χ4v) is 3.37. The van der Waals surface area contributed by atoms with Gasteiger partial charge in [0.2, 0.25) is 0 Å². The van der Waals surface area contributed by atoms with E-state index in [1.165, 1.54) is 26.4 Å². The lowest BCUT2D eigenvalue weighted by molar-refractivity contribution is -0.170. The van der Waals surface area contributed by atoms with Crippen LogP contribution in [0.5, 0.6) is 5.75 Å².